The molecule has 0 spiro atoms. The summed E-state index contributed by atoms with van der Waals surface area (Å²) < 4.78 is 1.99. The molecule has 0 bridgehead atoms. The Hall–Kier alpha value is -0.910. The standard InChI is InChI=1S/C14H21ClN4S/c1-5-6-16-13(12-8-17-10(4)20-12)14-11(15)7-18-19(14)9(2)3/h7-9,13,16H,5-6H2,1-4H3. The highest BCUT2D eigenvalue weighted by atomic mass is 35.5. The first-order valence-corrected chi connectivity index (χ1v) is 8.12. The molecule has 2 aromatic heterocycles. The van der Waals surface area contributed by atoms with E-state index in [1.54, 1.807) is 17.5 Å². The summed E-state index contributed by atoms with van der Waals surface area (Å²) in [4.78, 5) is 5.55. The Morgan fingerprint density at radius 3 is 2.70 bits per heavy atom. The van der Waals surface area contributed by atoms with Crippen LogP contribution in [0.15, 0.2) is 12.4 Å². The largest absolute Gasteiger partial charge is 0.304 e. The summed E-state index contributed by atoms with van der Waals surface area (Å²) in [5, 5.41) is 9.74. The van der Waals surface area contributed by atoms with Crippen molar-refractivity contribution >= 4 is 22.9 Å². The molecule has 4 nitrogen and oxygen atoms in total. The van der Waals surface area contributed by atoms with Gasteiger partial charge in [0.1, 0.15) is 0 Å². The number of aromatic nitrogens is 3. The average molecular weight is 313 g/mol. The van der Waals surface area contributed by atoms with Gasteiger partial charge in [0, 0.05) is 17.1 Å². The maximum absolute atomic E-state index is 6.38. The van der Waals surface area contributed by atoms with E-state index in [4.69, 9.17) is 11.6 Å². The predicted octanol–water partition coefficient (Wildman–Crippen LogP) is 3.97. The molecule has 2 heterocycles. The van der Waals surface area contributed by atoms with Crippen molar-refractivity contribution in [1.82, 2.24) is 20.1 Å². The zero-order valence-corrected chi connectivity index (χ0v) is 13.9. The molecule has 0 saturated heterocycles. The van der Waals surface area contributed by atoms with E-state index in [0.717, 1.165) is 23.7 Å². The fraction of sp³-hybridized carbons (Fsp3) is 0.571. The van der Waals surface area contributed by atoms with Gasteiger partial charge < -0.3 is 5.32 Å². The van der Waals surface area contributed by atoms with Gasteiger partial charge in [0.15, 0.2) is 0 Å². The van der Waals surface area contributed by atoms with E-state index < -0.39 is 0 Å². The summed E-state index contributed by atoms with van der Waals surface area (Å²) in [5.41, 5.74) is 1.03. The van der Waals surface area contributed by atoms with Crippen molar-refractivity contribution in [2.45, 2.75) is 46.2 Å². The van der Waals surface area contributed by atoms with Gasteiger partial charge in [-0.25, -0.2) is 4.98 Å². The van der Waals surface area contributed by atoms with Gasteiger partial charge in [0.25, 0.3) is 0 Å². The van der Waals surface area contributed by atoms with Gasteiger partial charge in [-0.2, -0.15) is 5.10 Å². The second-order valence-corrected chi connectivity index (χ2v) is 6.76. The summed E-state index contributed by atoms with van der Waals surface area (Å²) in [6, 6.07) is 0.330. The second-order valence-electron chi connectivity index (χ2n) is 5.08. The number of hydrogen-bond donors (Lipinski definition) is 1. The molecule has 0 radical (unpaired) electrons. The molecule has 0 aliphatic carbocycles. The van der Waals surface area contributed by atoms with Crippen molar-refractivity contribution in [1.29, 1.82) is 0 Å². The van der Waals surface area contributed by atoms with Crippen LogP contribution in [0.4, 0.5) is 0 Å². The molecule has 1 unspecified atom stereocenters. The molecule has 110 valence electrons. The van der Waals surface area contributed by atoms with E-state index in [2.05, 4.69) is 36.2 Å². The molecule has 0 fully saturated rings. The molecule has 0 saturated carbocycles. The highest BCUT2D eigenvalue weighted by molar-refractivity contribution is 7.11. The normalized spacial score (nSPS) is 13.1. The Bertz CT molecular complexity index is 561. The third-order valence-electron chi connectivity index (χ3n) is 3.07. The number of aryl methyl sites for hydroxylation is 1. The van der Waals surface area contributed by atoms with E-state index in [0.29, 0.717) is 5.02 Å². The van der Waals surface area contributed by atoms with E-state index in [1.807, 2.05) is 17.8 Å². The van der Waals surface area contributed by atoms with Crippen molar-refractivity contribution in [3.05, 3.63) is 33.0 Å². The minimum absolute atomic E-state index is 0.0542. The summed E-state index contributed by atoms with van der Waals surface area (Å²) in [5.74, 6) is 0. The smallest absolute Gasteiger partial charge is 0.0897 e. The Balaban J connectivity index is 2.43. The molecule has 1 atom stereocenters. The van der Waals surface area contributed by atoms with Crippen LogP contribution in [-0.4, -0.2) is 21.3 Å². The molecule has 0 aromatic carbocycles. The van der Waals surface area contributed by atoms with Gasteiger partial charge in [-0.3, -0.25) is 4.68 Å². The molecule has 0 amide bonds. The van der Waals surface area contributed by atoms with Crippen LogP contribution < -0.4 is 5.32 Å². The molecule has 2 rings (SSSR count). The second kappa shape index (κ2) is 6.70. The Labute approximate surface area is 129 Å². The summed E-state index contributed by atoms with van der Waals surface area (Å²) >= 11 is 8.08. The third kappa shape index (κ3) is 3.22. The van der Waals surface area contributed by atoms with Crippen LogP contribution in [0.2, 0.25) is 5.02 Å². The van der Waals surface area contributed by atoms with Crippen LogP contribution in [0.25, 0.3) is 0 Å². The Morgan fingerprint density at radius 2 is 2.15 bits per heavy atom. The van der Waals surface area contributed by atoms with Crippen molar-refractivity contribution in [3.8, 4) is 0 Å². The number of nitrogens with one attached hydrogen (secondary N) is 1. The van der Waals surface area contributed by atoms with Crippen LogP contribution in [-0.2, 0) is 0 Å². The number of rotatable bonds is 6. The molecule has 20 heavy (non-hydrogen) atoms. The number of thiazole rings is 1. The van der Waals surface area contributed by atoms with E-state index in [1.165, 1.54) is 4.88 Å². The minimum atomic E-state index is 0.0542. The van der Waals surface area contributed by atoms with Gasteiger partial charge in [-0.1, -0.05) is 18.5 Å². The Kier molecular flexibility index (Phi) is 5.18. The number of nitrogens with zero attached hydrogens (tertiary/aromatic N) is 3. The minimum Gasteiger partial charge on any atom is -0.304 e. The van der Waals surface area contributed by atoms with Crippen LogP contribution >= 0.6 is 22.9 Å². The monoisotopic (exact) mass is 312 g/mol. The van der Waals surface area contributed by atoms with Crippen molar-refractivity contribution < 1.29 is 0 Å². The maximum Gasteiger partial charge on any atom is 0.0897 e. The zero-order valence-electron chi connectivity index (χ0n) is 12.4. The first-order chi connectivity index (χ1) is 9.54. The fourth-order valence-electron chi connectivity index (χ4n) is 2.16. The van der Waals surface area contributed by atoms with Gasteiger partial charge in [0.05, 0.1) is 28.0 Å². The topological polar surface area (TPSA) is 42.7 Å². The molecule has 6 heteroatoms. The fourth-order valence-corrected chi connectivity index (χ4v) is 3.27. The first kappa shape index (κ1) is 15.5. The number of hydrogen-bond acceptors (Lipinski definition) is 4. The quantitative estimate of drug-likeness (QED) is 0.877. The molecule has 0 aliphatic heterocycles. The Morgan fingerprint density at radius 1 is 1.40 bits per heavy atom. The van der Waals surface area contributed by atoms with Crippen molar-refractivity contribution in [3.63, 3.8) is 0 Å². The molecular weight excluding hydrogens is 292 g/mol. The highest BCUT2D eigenvalue weighted by Crippen LogP contribution is 2.32. The lowest BCUT2D eigenvalue weighted by Crippen LogP contribution is -2.26. The molecule has 1 N–H and O–H groups in total. The van der Waals surface area contributed by atoms with E-state index >= 15 is 0 Å². The van der Waals surface area contributed by atoms with Crippen LogP contribution in [0, 0.1) is 6.92 Å². The highest BCUT2D eigenvalue weighted by Gasteiger charge is 2.24. The molecule has 2 aromatic rings. The lowest BCUT2D eigenvalue weighted by Gasteiger charge is -2.21. The molecule has 0 aliphatic rings. The van der Waals surface area contributed by atoms with Crippen molar-refractivity contribution in [2.24, 2.45) is 0 Å². The van der Waals surface area contributed by atoms with Gasteiger partial charge in [0.2, 0.25) is 0 Å². The average Bonchev–Trinajstić information content (AvgIpc) is 2.98. The zero-order chi connectivity index (χ0) is 14.7. The van der Waals surface area contributed by atoms with Crippen LogP contribution in [0.5, 0.6) is 0 Å². The maximum atomic E-state index is 6.38. The lowest BCUT2D eigenvalue weighted by atomic mass is 10.1. The lowest BCUT2D eigenvalue weighted by molar-refractivity contribution is 0.474. The van der Waals surface area contributed by atoms with E-state index in [-0.39, 0.29) is 12.1 Å². The van der Waals surface area contributed by atoms with Gasteiger partial charge in [-0.15, -0.1) is 11.3 Å². The summed E-state index contributed by atoms with van der Waals surface area (Å²) in [6.07, 6.45) is 4.73. The summed E-state index contributed by atoms with van der Waals surface area (Å²) in [6.45, 7) is 9.33. The summed E-state index contributed by atoms with van der Waals surface area (Å²) in [7, 11) is 0. The SMILES string of the molecule is CCCNC(c1cnc(C)s1)c1c(Cl)cnn1C(C)C. The van der Waals surface area contributed by atoms with Gasteiger partial charge in [-0.05, 0) is 33.7 Å². The van der Waals surface area contributed by atoms with Crippen LogP contribution in [0.3, 0.4) is 0 Å². The van der Waals surface area contributed by atoms with Crippen molar-refractivity contribution in [2.75, 3.05) is 6.54 Å². The van der Waals surface area contributed by atoms with Gasteiger partial charge >= 0.3 is 0 Å². The third-order valence-corrected chi connectivity index (χ3v) is 4.34. The van der Waals surface area contributed by atoms with E-state index in [9.17, 15) is 0 Å². The molecular formula is C14H21ClN4S. The predicted molar refractivity (Wildman–Crippen MR) is 84.6 cm³/mol. The first-order valence-electron chi connectivity index (χ1n) is 6.93. The number of halogens is 1. The van der Waals surface area contributed by atoms with Crippen LogP contribution in [0.1, 0.15) is 54.9 Å².